The lowest BCUT2D eigenvalue weighted by molar-refractivity contribution is -0.124. The van der Waals surface area contributed by atoms with Crippen LogP contribution in [0.3, 0.4) is 0 Å². The molecule has 2 aromatic rings. The Morgan fingerprint density at radius 2 is 2.28 bits per heavy atom. The number of piperazine rings is 1. The Kier molecular flexibility index (Phi) is 3.11. The molecular weight excluding hydrogens is 244 g/mol. The van der Waals surface area contributed by atoms with Crippen molar-refractivity contribution < 1.29 is 5.11 Å². The molecule has 1 aromatic heterocycles. The van der Waals surface area contributed by atoms with E-state index in [1.165, 1.54) is 10.1 Å². The van der Waals surface area contributed by atoms with Gasteiger partial charge in [0.05, 0.1) is 0 Å². The van der Waals surface area contributed by atoms with Crippen LogP contribution in [-0.4, -0.2) is 36.2 Å². The maximum absolute atomic E-state index is 11.1. The van der Waals surface area contributed by atoms with Crippen molar-refractivity contribution >= 4 is 21.4 Å². The van der Waals surface area contributed by atoms with Gasteiger partial charge in [0.25, 0.3) is 0 Å². The van der Waals surface area contributed by atoms with Crippen LogP contribution in [0.5, 0.6) is 0 Å². The van der Waals surface area contributed by atoms with Gasteiger partial charge in [0.2, 0.25) is 0 Å². The molecule has 3 rings (SSSR count). The Labute approximate surface area is 111 Å². The molecule has 0 aliphatic carbocycles. The molecule has 1 aliphatic rings. The van der Waals surface area contributed by atoms with Gasteiger partial charge >= 0.3 is 0 Å². The number of thiophene rings is 1. The molecule has 96 valence electrons. The average molecular weight is 262 g/mol. The summed E-state index contributed by atoms with van der Waals surface area (Å²) in [5.74, 6) is 0. The summed E-state index contributed by atoms with van der Waals surface area (Å²) < 4.78 is 1.24. The third-order valence-corrected chi connectivity index (χ3v) is 4.71. The molecule has 18 heavy (non-hydrogen) atoms. The lowest BCUT2D eigenvalue weighted by atomic mass is 9.98. The Hall–Kier alpha value is -0.940. The second-order valence-corrected chi connectivity index (χ2v) is 5.63. The average Bonchev–Trinajstić information content (AvgIpc) is 2.83. The molecule has 0 radical (unpaired) electrons. The van der Waals surface area contributed by atoms with Crippen molar-refractivity contribution in [2.24, 2.45) is 0 Å². The van der Waals surface area contributed by atoms with Crippen molar-refractivity contribution in [2.75, 3.05) is 26.2 Å². The molecule has 1 aromatic carbocycles. The largest absolute Gasteiger partial charge is 0.370 e. The molecule has 1 fully saturated rings. The molecule has 2 heterocycles. The van der Waals surface area contributed by atoms with E-state index in [9.17, 15) is 5.11 Å². The summed E-state index contributed by atoms with van der Waals surface area (Å²) in [5.41, 5.74) is 0.171. The third kappa shape index (κ3) is 1.77. The summed E-state index contributed by atoms with van der Waals surface area (Å²) in [4.78, 5) is 2.15. The number of aliphatic hydroxyl groups is 1. The smallest absolute Gasteiger partial charge is 0.158 e. The van der Waals surface area contributed by atoms with Gasteiger partial charge in [-0.15, -0.1) is 11.3 Å². The van der Waals surface area contributed by atoms with Crippen LogP contribution in [0.15, 0.2) is 29.6 Å². The van der Waals surface area contributed by atoms with Gasteiger partial charge in [0, 0.05) is 29.9 Å². The first kappa shape index (κ1) is 12.1. The summed E-state index contributed by atoms with van der Waals surface area (Å²) in [5, 5.41) is 17.6. The maximum Gasteiger partial charge on any atom is 0.158 e. The quantitative estimate of drug-likeness (QED) is 0.868. The molecule has 0 bridgehead atoms. The molecule has 4 heteroatoms. The van der Waals surface area contributed by atoms with Crippen LogP contribution in [0.25, 0.3) is 10.1 Å². The highest BCUT2D eigenvalue weighted by molar-refractivity contribution is 7.17. The fourth-order valence-corrected chi connectivity index (χ4v) is 3.77. The van der Waals surface area contributed by atoms with Gasteiger partial charge < -0.3 is 10.4 Å². The summed E-state index contributed by atoms with van der Waals surface area (Å²) >= 11 is 1.70. The predicted octanol–water partition coefficient (Wildman–Crippen LogP) is 1.97. The van der Waals surface area contributed by atoms with E-state index in [1.54, 1.807) is 11.3 Å². The van der Waals surface area contributed by atoms with Gasteiger partial charge in [0.1, 0.15) is 0 Å². The lowest BCUT2D eigenvalue weighted by Gasteiger charge is -2.43. The number of fused-ring (bicyclic) bond motifs is 1. The highest BCUT2D eigenvalue weighted by Crippen LogP contribution is 2.36. The normalized spacial score (nSPS) is 25.7. The Morgan fingerprint density at radius 3 is 3.11 bits per heavy atom. The zero-order valence-corrected chi connectivity index (χ0v) is 11.3. The minimum atomic E-state index is -0.868. The minimum absolute atomic E-state index is 0.599. The van der Waals surface area contributed by atoms with Gasteiger partial charge in [0.15, 0.2) is 5.72 Å². The van der Waals surface area contributed by atoms with Crippen molar-refractivity contribution in [1.29, 1.82) is 0 Å². The van der Waals surface area contributed by atoms with E-state index in [0.29, 0.717) is 6.54 Å². The second kappa shape index (κ2) is 4.63. The molecule has 1 saturated heterocycles. The molecule has 2 N–H and O–H groups in total. The van der Waals surface area contributed by atoms with Crippen molar-refractivity contribution in [3.8, 4) is 0 Å². The van der Waals surface area contributed by atoms with E-state index in [-0.39, 0.29) is 0 Å². The maximum atomic E-state index is 11.1. The first-order chi connectivity index (χ1) is 8.75. The van der Waals surface area contributed by atoms with Gasteiger partial charge in [-0.05, 0) is 23.4 Å². The molecule has 3 nitrogen and oxygen atoms in total. The molecule has 1 aliphatic heterocycles. The molecule has 1 unspecified atom stereocenters. The highest BCUT2D eigenvalue weighted by Gasteiger charge is 2.39. The SMILES string of the molecule is CCN1CCNCC1(O)c1csc2ccccc12. The van der Waals surface area contributed by atoms with Crippen LogP contribution < -0.4 is 5.32 Å². The zero-order valence-electron chi connectivity index (χ0n) is 10.5. The van der Waals surface area contributed by atoms with Crippen molar-refractivity contribution in [1.82, 2.24) is 10.2 Å². The van der Waals surface area contributed by atoms with Crippen LogP contribution in [-0.2, 0) is 5.72 Å². The van der Waals surface area contributed by atoms with Crippen LogP contribution in [0, 0.1) is 0 Å². The topological polar surface area (TPSA) is 35.5 Å². The lowest BCUT2D eigenvalue weighted by Crippen LogP contribution is -2.58. The molecule has 1 atom stereocenters. The van der Waals surface area contributed by atoms with Crippen molar-refractivity contribution in [2.45, 2.75) is 12.6 Å². The Morgan fingerprint density at radius 1 is 1.44 bits per heavy atom. The van der Waals surface area contributed by atoms with Crippen molar-refractivity contribution in [3.05, 3.63) is 35.2 Å². The summed E-state index contributed by atoms with van der Waals surface area (Å²) in [6, 6.07) is 8.29. The molecule has 0 saturated carbocycles. The minimum Gasteiger partial charge on any atom is -0.370 e. The summed E-state index contributed by atoms with van der Waals surface area (Å²) in [6.45, 7) is 5.39. The fraction of sp³-hybridized carbons (Fsp3) is 0.429. The number of benzene rings is 1. The predicted molar refractivity (Wildman–Crippen MR) is 75.8 cm³/mol. The van der Waals surface area contributed by atoms with Gasteiger partial charge in [-0.1, -0.05) is 25.1 Å². The number of nitrogens with one attached hydrogen (secondary N) is 1. The Bertz CT molecular complexity index is 553. The van der Waals surface area contributed by atoms with Gasteiger partial charge in [-0.2, -0.15) is 0 Å². The first-order valence-electron chi connectivity index (χ1n) is 6.40. The van der Waals surface area contributed by atoms with Crippen molar-refractivity contribution in [3.63, 3.8) is 0 Å². The fourth-order valence-electron chi connectivity index (χ4n) is 2.75. The Balaban J connectivity index is 2.11. The number of β-amino-alcohol motifs (C(OH)–C–C–N with tert-alkyl or cyclic N) is 1. The summed E-state index contributed by atoms with van der Waals surface area (Å²) in [7, 11) is 0. The molecule has 0 amide bonds. The van der Waals surface area contributed by atoms with E-state index >= 15 is 0 Å². The standard InChI is InChI=1S/C14H18N2OS/c1-2-16-8-7-15-10-14(16,17)12-9-18-13-6-4-3-5-11(12)13/h3-6,9,15,17H,2,7-8,10H2,1H3. The number of hydrogen-bond acceptors (Lipinski definition) is 4. The summed E-state index contributed by atoms with van der Waals surface area (Å²) in [6.07, 6.45) is 0. The zero-order chi connectivity index (χ0) is 12.6. The van der Waals surface area contributed by atoms with E-state index in [0.717, 1.165) is 25.2 Å². The van der Waals surface area contributed by atoms with Crippen LogP contribution in [0.4, 0.5) is 0 Å². The third-order valence-electron chi connectivity index (χ3n) is 3.75. The van der Waals surface area contributed by atoms with E-state index in [4.69, 9.17) is 0 Å². The molecule has 0 spiro atoms. The van der Waals surface area contributed by atoms with Crippen LogP contribution in [0.1, 0.15) is 12.5 Å². The highest BCUT2D eigenvalue weighted by atomic mass is 32.1. The van der Waals surface area contributed by atoms with E-state index in [1.807, 2.05) is 12.1 Å². The number of hydrogen-bond donors (Lipinski definition) is 2. The first-order valence-corrected chi connectivity index (χ1v) is 7.28. The monoisotopic (exact) mass is 262 g/mol. The van der Waals surface area contributed by atoms with Gasteiger partial charge in [-0.25, -0.2) is 0 Å². The van der Waals surface area contributed by atoms with E-state index < -0.39 is 5.72 Å². The van der Waals surface area contributed by atoms with Crippen LogP contribution in [0.2, 0.25) is 0 Å². The number of nitrogens with zero attached hydrogens (tertiary/aromatic N) is 1. The van der Waals surface area contributed by atoms with Crippen LogP contribution >= 0.6 is 11.3 Å². The number of rotatable bonds is 2. The number of likely N-dealkylation sites (N-methyl/N-ethyl adjacent to an activating group) is 1. The molecular formula is C14H18N2OS. The van der Waals surface area contributed by atoms with E-state index in [2.05, 4.69) is 34.7 Å². The van der Waals surface area contributed by atoms with Gasteiger partial charge in [-0.3, -0.25) is 4.90 Å². The second-order valence-electron chi connectivity index (χ2n) is 4.72.